The highest BCUT2D eigenvalue weighted by Gasteiger charge is 2.20. The van der Waals surface area contributed by atoms with E-state index in [4.69, 9.17) is 0 Å². The number of hydrogen-bond acceptors (Lipinski definition) is 2. The zero-order valence-electron chi connectivity index (χ0n) is 11.2. The standard InChI is InChI=1S/C14H29NO/c1-11(2)8-14(16)10-15-9-13-7-5-4-6-12(13)3/h11-16H,4-10H2,1-3H3. The second-order valence-corrected chi connectivity index (χ2v) is 5.96. The topological polar surface area (TPSA) is 32.3 Å². The lowest BCUT2D eigenvalue weighted by atomic mass is 9.80. The van der Waals surface area contributed by atoms with Gasteiger partial charge in [-0.1, -0.05) is 40.0 Å². The van der Waals surface area contributed by atoms with Gasteiger partial charge < -0.3 is 10.4 Å². The number of aliphatic hydroxyl groups excluding tert-OH is 1. The first kappa shape index (κ1) is 14.0. The van der Waals surface area contributed by atoms with Gasteiger partial charge in [0.25, 0.3) is 0 Å². The number of nitrogens with one attached hydrogen (secondary N) is 1. The van der Waals surface area contributed by atoms with E-state index >= 15 is 0 Å². The Labute approximate surface area is 101 Å². The number of hydrogen-bond donors (Lipinski definition) is 2. The molecule has 0 saturated heterocycles. The van der Waals surface area contributed by atoms with Crippen LogP contribution in [-0.2, 0) is 0 Å². The van der Waals surface area contributed by atoms with Crippen molar-refractivity contribution in [3.05, 3.63) is 0 Å². The molecule has 0 amide bonds. The van der Waals surface area contributed by atoms with Crippen LogP contribution in [-0.4, -0.2) is 24.3 Å². The van der Waals surface area contributed by atoms with Crippen molar-refractivity contribution < 1.29 is 5.11 Å². The van der Waals surface area contributed by atoms with E-state index in [9.17, 15) is 5.11 Å². The van der Waals surface area contributed by atoms with Crippen LogP contribution in [0.2, 0.25) is 0 Å². The van der Waals surface area contributed by atoms with Crippen LogP contribution in [0.5, 0.6) is 0 Å². The quantitative estimate of drug-likeness (QED) is 0.731. The van der Waals surface area contributed by atoms with Gasteiger partial charge >= 0.3 is 0 Å². The van der Waals surface area contributed by atoms with E-state index in [0.717, 1.165) is 31.3 Å². The molecule has 0 heterocycles. The summed E-state index contributed by atoms with van der Waals surface area (Å²) < 4.78 is 0. The monoisotopic (exact) mass is 227 g/mol. The summed E-state index contributed by atoms with van der Waals surface area (Å²) in [7, 11) is 0. The van der Waals surface area contributed by atoms with Crippen LogP contribution in [0.3, 0.4) is 0 Å². The second-order valence-electron chi connectivity index (χ2n) is 5.96. The second kappa shape index (κ2) is 7.29. The fraction of sp³-hybridized carbons (Fsp3) is 1.00. The van der Waals surface area contributed by atoms with Crippen LogP contribution < -0.4 is 5.32 Å². The Hall–Kier alpha value is -0.0800. The van der Waals surface area contributed by atoms with Crippen LogP contribution in [0.15, 0.2) is 0 Å². The molecule has 0 bridgehead atoms. The maximum Gasteiger partial charge on any atom is 0.0667 e. The van der Waals surface area contributed by atoms with E-state index in [1.54, 1.807) is 0 Å². The lowest BCUT2D eigenvalue weighted by molar-refractivity contribution is 0.140. The lowest BCUT2D eigenvalue weighted by Crippen LogP contribution is -2.34. The molecule has 1 fully saturated rings. The molecule has 1 rings (SSSR count). The predicted molar refractivity (Wildman–Crippen MR) is 69.5 cm³/mol. The molecule has 0 aromatic carbocycles. The first-order valence-corrected chi connectivity index (χ1v) is 6.98. The third kappa shape index (κ3) is 5.31. The molecule has 0 spiro atoms. The van der Waals surface area contributed by atoms with Crippen molar-refractivity contribution in [2.45, 2.75) is 59.0 Å². The summed E-state index contributed by atoms with van der Waals surface area (Å²) in [4.78, 5) is 0. The maximum atomic E-state index is 9.75. The molecule has 0 aliphatic heterocycles. The average Bonchev–Trinajstić information content (AvgIpc) is 2.19. The summed E-state index contributed by atoms with van der Waals surface area (Å²) >= 11 is 0. The molecule has 0 aromatic rings. The van der Waals surface area contributed by atoms with Crippen molar-refractivity contribution in [2.75, 3.05) is 13.1 Å². The number of aliphatic hydroxyl groups is 1. The van der Waals surface area contributed by atoms with Gasteiger partial charge in [-0.15, -0.1) is 0 Å². The summed E-state index contributed by atoms with van der Waals surface area (Å²) in [5.74, 6) is 2.29. The fourth-order valence-corrected chi connectivity index (χ4v) is 2.76. The van der Waals surface area contributed by atoms with Crippen molar-refractivity contribution in [2.24, 2.45) is 17.8 Å². The Morgan fingerprint density at radius 1 is 1.25 bits per heavy atom. The van der Waals surface area contributed by atoms with E-state index in [-0.39, 0.29) is 6.10 Å². The van der Waals surface area contributed by atoms with Gasteiger partial charge in [-0.25, -0.2) is 0 Å². The molecule has 2 N–H and O–H groups in total. The normalized spacial score (nSPS) is 28.3. The van der Waals surface area contributed by atoms with Gasteiger partial charge in [-0.05, 0) is 37.1 Å². The Kier molecular flexibility index (Phi) is 6.37. The van der Waals surface area contributed by atoms with E-state index in [0.29, 0.717) is 5.92 Å². The Bertz CT molecular complexity index is 182. The van der Waals surface area contributed by atoms with Crippen LogP contribution in [0, 0.1) is 17.8 Å². The molecule has 1 aliphatic carbocycles. The molecule has 96 valence electrons. The summed E-state index contributed by atoms with van der Waals surface area (Å²) in [5.41, 5.74) is 0. The van der Waals surface area contributed by atoms with Gasteiger partial charge in [0.15, 0.2) is 0 Å². The van der Waals surface area contributed by atoms with E-state index in [1.807, 2.05) is 0 Å². The molecule has 2 nitrogen and oxygen atoms in total. The van der Waals surface area contributed by atoms with E-state index in [1.165, 1.54) is 25.7 Å². The van der Waals surface area contributed by atoms with Crippen molar-refractivity contribution >= 4 is 0 Å². The first-order valence-electron chi connectivity index (χ1n) is 6.98. The van der Waals surface area contributed by atoms with E-state index < -0.39 is 0 Å². The molecule has 0 radical (unpaired) electrons. The lowest BCUT2D eigenvalue weighted by Gasteiger charge is -2.29. The van der Waals surface area contributed by atoms with Crippen molar-refractivity contribution in [1.82, 2.24) is 5.32 Å². The van der Waals surface area contributed by atoms with Gasteiger partial charge in [0.1, 0.15) is 0 Å². The van der Waals surface area contributed by atoms with Crippen molar-refractivity contribution in [3.63, 3.8) is 0 Å². The predicted octanol–water partition coefficient (Wildman–Crippen LogP) is 2.81. The molecular formula is C14H29NO. The fourth-order valence-electron chi connectivity index (χ4n) is 2.76. The smallest absolute Gasteiger partial charge is 0.0667 e. The maximum absolute atomic E-state index is 9.75. The molecule has 2 heteroatoms. The van der Waals surface area contributed by atoms with Crippen LogP contribution in [0.1, 0.15) is 52.9 Å². The molecule has 1 saturated carbocycles. The van der Waals surface area contributed by atoms with Crippen molar-refractivity contribution in [3.8, 4) is 0 Å². The molecule has 16 heavy (non-hydrogen) atoms. The highest BCUT2D eigenvalue weighted by atomic mass is 16.3. The summed E-state index contributed by atoms with van der Waals surface area (Å²) in [6.07, 6.45) is 6.31. The van der Waals surface area contributed by atoms with Gasteiger partial charge in [0.2, 0.25) is 0 Å². The van der Waals surface area contributed by atoms with Crippen molar-refractivity contribution in [1.29, 1.82) is 0 Å². The van der Waals surface area contributed by atoms with Crippen LogP contribution in [0.4, 0.5) is 0 Å². The molecule has 3 atom stereocenters. The van der Waals surface area contributed by atoms with Gasteiger partial charge in [-0.3, -0.25) is 0 Å². The molecule has 0 aromatic heterocycles. The molecule has 1 aliphatic rings. The zero-order chi connectivity index (χ0) is 12.0. The Morgan fingerprint density at radius 3 is 2.56 bits per heavy atom. The third-order valence-corrected chi connectivity index (χ3v) is 3.82. The minimum absolute atomic E-state index is 0.168. The number of rotatable bonds is 6. The average molecular weight is 227 g/mol. The van der Waals surface area contributed by atoms with Crippen LogP contribution in [0.25, 0.3) is 0 Å². The Balaban J connectivity index is 2.09. The Morgan fingerprint density at radius 2 is 1.94 bits per heavy atom. The molecule has 3 unspecified atom stereocenters. The highest BCUT2D eigenvalue weighted by Crippen LogP contribution is 2.28. The van der Waals surface area contributed by atoms with Gasteiger partial charge in [0.05, 0.1) is 6.10 Å². The third-order valence-electron chi connectivity index (χ3n) is 3.82. The van der Waals surface area contributed by atoms with Gasteiger partial charge in [0, 0.05) is 6.54 Å². The summed E-state index contributed by atoms with van der Waals surface area (Å²) in [6.45, 7) is 8.55. The first-order chi connectivity index (χ1) is 7.59. The SMILES string of the molecule is CC(C)CC(O)CNCC1CCCCC1C. The van der Waals surface area contributed by atoms with Gasteiger partial charge in [-0.2, -0.15) is 0 Å². The highest BCUT2D eigenvalue weighted by molar-refractivity contribution is 4.74. The largest absolute Gasteiger partial charge is 0.392 e. The van der Waals surface area contributed by atoms with E-state index in [2.05, 4.69) is 26.1 Å². The minimum Gasteiger partial charge on any atom is -0.392 e. The van der Waals surface area contributed by atoms with Crippen LogP contribution >= 0.6 is 0 Å². The summed E-state index contributed by atoms with van der Waals surface area (Å²) in [6, 6.07) is 0. The summed E-state index contributed by atoms with van der Waals surface area (Å²) in [5, 5.41) is 13.2. The zero-order valence-corrected chi connectivity index (χ0v) is 11.2. The molecular weight excluding hydrogens is 198 g/mol. The minimum atomic E-state index is -0.168.